The van der Waals surface area contributed by atoms with Crippen LogP contribution >= 0.6 is 11.3 Å². The summed E-state index contributed by atoms with van der Waals surface area (Å²) in [5.41, 5.74) is 3.61. The lowest BCUT2D eigenvalue weighted by Crippen LogP contribution is -2.19. The van der Waals surface area contributed by atoms with E-state index >= 15 is 0 Å². The molecule has 0 aliphatic rings. The maximum Gasteiger partial charge on any atom is 0.225 e. The average Bonchev–Trinajstić information content (AvgIpc) is 2.75. The average molecular weight is 250 g/mol. The molecule has 5 nitrogen and oxygen atoms in total. The van der Waals surface area contributed by atoms with Crippen LogP contribution in [0.25, 0.3) is 0 Å². The first-order chi connectivity index (χ1) is 8.20. The summed E-state index contributed by atoms with van der Waals surface area (Å²) in [6.07, 6.45) is 3.27. The van der Waals surface area contributed by atoms with Gasteiger partial charge in [-0.25, -0.2) is 15.0 Å². The Balaban J connectivity index is 2.09. The smallest absolute Gasteiger partial charge is 0.225 e. The van der Waals surface area contributed by atoms with Crippen LogP contribution < -0.4 is 4.90 Å². The number of hydrogen-bond acceptors (Lipinski definition) is 6. The van der Waals surface area contributed by atoms with Gasteiger partial charge in [-0.05, 0) is 6.92 Å². The van der Waals surface area contributed by atoms with E-state index in [1.165, 1.54) is 4.88 Å². The lowest BCUT2D eigenvalue weighted by molar-refractivity contribution is 0.281. The van der Waals surface area contributed by atoms with Gasteiger partial charge in [-0.15, -0.1) is 11.3 Å². The number of aryl methyl sites for hydroxylation is 1. The van der Waals surface area contributed by atoms with Gasteiger partial charge in [0.15, 0.2) is 0 Å². The summed E-state index contributed by atoms with van der Waals surface area (Å²) in [5, 5.41) is 8.91. The van der Waals surface area contributed by atoms with E-state index in [0.717, 1.165) is 17.8 Å². The van der Waals surface area contributed by atoms with Gasteiger partial charge in [-0.2, -0.15) is 0 Å². The van der Waals surface area contributed by atoms with Crippen molar-refractivity contribution in [3.8, 4) is 0 Å². The second kappa shape index (κ2) is 5.20. The predicted molar refractivity (Wildman–Crippen MR) is 66.9 cm³/mol. The molecule has 0 radical (unpaired) electrons. The van der Waals surface area contributed by atoms with E-state index in [0.29, 0.717) is 5.95 Å². The maximum absolute atomic E-state index is 8.91. The van der Waals surface area contributed by atoms with Gasteiger partial charge < -0.3 is 10.0 Å². The van der Waals surface area contributed by atoms with Crippen LogP contribution in [0.3, 0.4) is 0 Å². The Morgan fingerprint density at radius 3 is 2.53 bits per heavy atom. The van der Waals surface area contributed by atoms with Gasteiger partial charge in [0.1, 0.15) is 0 Å². The zero-order chi connectivity index (χ0) is 12.3. The maximum atomic E-state index is 8.91. The molecule has 0 bridgehead atoms. The van der Waals surface area contributed by atoms with Crippen molar-refractivity contribution in [1.29, 1.82) is 0 Å². The van der Waals surface area contributed by atoms with Crippen molar-refractivity contribution in [1.82, 2.24) is 15.0 Å². The minimum absolute atomic E-state index is 0.0298. The predicted octanol–water partition coefficient (Wildman–Crippen LogP) is 1.37. The minimum atomic E-state index is -0.0298. The summed E-state index contributed by atoms with van der Waals surface area (Å²) in [7, 11) is 1.94. The van der Waals surface area contributed by atoms with Gasteiger partial charge in [0, 0.05) is 29.9 Å². The summed E-state index contributed by atoms with van der Waals surface area (Å²) in [5.74, 6) is 0.648. The summed E-state index contributed by atoms with van der Waals surface area (Å²) in [6, 6.07) is 0. The van der Waals surface area contributed by atoms with Gasteiger partial charge in [-0.1, -0.05) is 0 Å². The van der Waals surface area contributed by atoms with Crippen LogP contribution in [0.5, 0.6) is 0 Å². The number of nitrogens with zero attached hydrogens (tertiary/aromatic N) is 4. The molecule has 1 N–H and O–H groups in total. The first kappa shape index (κ1) is 11.9. The molecule has 6 heteroatoms. The highest BCUT2D eigenvalue weighted by Crippen LogP contribution is 2.16. The summed E-state index contributed by atoms with van der Waals surface area (Å²) >= 11 is 1.63. The minimum Gasteiger partial charge on any atom is -0.392 e. The molecule has 0 spiro atoms. The monoisotopic (exact) mass is 250 g/mol. The molecule has 2 rings (SSSR count). The molecule has 0 saturated carbocycles. The van der Waals surface area contributed by atoms with Gasteiger partial charge in [0.25, 0.3) is 0 Å². The first-order valence-corrected chi connectivity index (χ1v) is 6.10. The fourth-order valence-corrected chi connectivity index (χ4v) is 2.22. The van der Waals surface area contributed by atoms with Crippen molar-refractivity contribution >= 4 is 17.3 Å². The van der Waals surface area contributed by atoms with Crippen molar-refractivity contribution in [3.63, 3.8) is 0 Å². The van der Waals surface area contributed by atoms with Crippen molar-refractivity contribution in [2.24, 2.45) is 0 Å². The fraction of sp³-hybridized carbons (Fsp3) is 0.364. The molecule has 0 amide bonds. The summed E-state index contributed by atoms with van der Waals surface area (Å²) < 4.78 is 0. The SMILES string of the molecule is Cc1ncsc1CN(C)c1ncc(CO)cn1. The fourth-order valence-electron chi connectivity index (χ4n) is 1.39. The number of anilines is 1. The van der Waals surface area contributed by atoms with Crippen molar-refractivity contribution < 1.29 is 5.11 Å². The van der Waals surface area contributed by atoms with Crippen LogP contribution in [0, 0.1) is 6.92 Å². The Morgan fingerprint density at radius 2 is 2.00 bits per heavy atom. The van der Waals surface area contributed by atoms with Gasteiger partial charge >= 0.3 is 0 Å². The van der Waals surface area contributed by atoms with E-state index in [1.54, 1.807) is 23.7 Å². The van der Waals surface area contributed by atoms with E-state index in [1.807, 2.05) is 24.4 Å². The van der Waals surface area contributed by atoms with Crippen LogP contribution in [0.2, 0.25) is 0 Å². The molecule has 0 aromatic carbocycles. The zero-order valence-electron chi connectivity index (χ0n) is 9.79. The Morgan fingerprint density at radius 1 is 1.29 bits per heavy atom. The van der Waals surface area contributed by atoms with Crippen LogP contribution in [0.4, 0.5) is 5.95 Å². The Kier molecular flexibility index (Phi) is 3.65. The van der Waals surface area contributed by atoms with Crippen LogP contribution in [-0.2, 0) is 13.2 Å². The molecule has 2 aromatic heterocycles. The topological polar surface area (TPSA) is 62.1 Å². The highest BCUT2D eigenvalue weighted by molar-refractivity contribution is 7.09. The molecule has 0 atom stereocenters. The molecule has 0 saturated heterocycles. The van der Waals surface area contributed by atoms with Gasteiger partial charge in [-0.3, -0.25) is 0 Å². The van der Waals surface area contributed by atoms with Crippen molar-refractivity contribution in [2.45, 2.75) is 20.1 Å². The second-order valence-corrected chi connectivity index (χ2v) is 4.71. The third-order valence-corrected chi connectivity index (χ3v) is 3.36. The largest absolute Gasteiger partial charge is 0.392 e. The molecule has 17 heavy (non-hydrogen) atoms. The van der Waals surface area contributed by atoms with E-state index in [2.05, 4.69) is 15.0 Å². The van der Waals surface area contributed by atoms with Gasteiger partial charge in [0.05, 0.1) is 24.4 Å². The highest BCUT2D eigenvalue weighted by Gasteiger charge is 2.08. The quantitative estimate of drug-likeness (QED) is 0.888. The van der Waals surface area contributed by atoms with E-state index in [-0.39, 0.29) is 6.61 Å². The molecular weight excluding hydrogens is 236 g/mol. The Hall–Kier alpha value is -1.53. The third kappa shape index (κ3) is 2.78. The molecule has 2 heterocycles. The second-order valence-electron chi connectivity index (χ2n) is 3.77. The Labute approximate surface area is 104 Å². The lowest BCUT2D eigenvalue weighted by atomic mass is 10.3. The molecule has 0 aliphatic carbocycles. The number of aliphatic hydroxyl groups excluding tert-OH is 1. The van der Waals surface area contributed by atoms with E-state index in [9.17, 15) is 0 Å². The third-order valence-electron chi connectivity index (χ3n) is 2.44. The highest BCUT2D eigenvalue weighted by atomic mass is 32.1. The van der Waals surface area contributed by atoms with Crippen LogP contribution in [-0.4, -0.2) is 27.1 Å². The molecule has 2 aromatic rings. The molecule has 0 fully saturated rings. The van der Waals surface area contributed by atoms with E-state index in [4.69, 9.17) is 5.11 Å². The lowest BCUT2D eigenvalue weighted by Gasteiger charge is -2.16. The van der Waals surface area contributed by atoms with Crippen LogP contribution in [0.1, 0.15) is 16.1 Å². The Bertz CT molecular complexity index is 482. The molecular formula is C11H14N4OS. The first-order valence-electron chi connectivity index (χ1n) is 5.22. The van der Waals surface area contributed by atoms with Gasteiger partial charge in [0.2, 0.25) is 5.95 Å². The molecule has 0 aliphatic heterocycles. The number of aliphatic hydroxyl groups is 1. The normalized spacial score (nSPS) is 10.5. The number of aromatic nitrogens is 3. The summed E-state index contributed by atoms with van der Waals surface area (Å²) in [4.78, 5) is 15.8. The van der Waals surface area contributed by atoms with Crippen molar-refractivity contribution in [3.05, 3.63) is 34.0 Å². The molecule has 0 unspecified atom stereocenters. The standard InChI is InChI=1S/C11H14N4OS/c1-8-10(17-7-14-8)5-15(2)11-12-3-9(6-16)4-13-11/h3-4,7,16H,5-6H2,1-2H3. The number of hydrogen-bond donors (Lipinski definition) is 1. The van der Waals surface area contributed by atoms with Crippen molar-refractivity contribution in [2.75, 3.05) is 11.9 Å². The number of thiazole rings is 1. The summed E-state index contributed by atoms with van der Waals surface area (Å²) in [6.45, 7) is 2.71. The molecule has 90 valence electrons. The van der Waals surface area contributed by atoms with E-state index < -0.39 is 0 Å². The zero-order valence-corrected chi connectivity index (χ0v) is 10.6. The van der Waals surface area contributed by atoms with Crippen LogP contribution in [0.15, 0.2) is 17.9 Å². The number of rotatable bonds is 4.